The van der Waals surface area contributed by atoms with Gasteiger partial charge in [-0.2, -0.15) is 0 Å². The van der Waals surface area contributed by atoms with Crippen LogP contribution in [-0.4, -0.2) is 68.3 Å². The lowest BCUT2D eigenvalue weighted by Gasteiger charge is -2.37. The highest BCUT2D eigenvalue weighted by atomic mass is 35.5. The van der Waals surface area contributed by atoms with Crippen LogP contribution in [0.3, 0.4) is 0 Å². The summed E-state index contributed by atoms with van der Waals surface area (Å²) in [4.78, 5) is 7.02. The molecule has 1 aromatic rings. The Kier molecular flexibility index (Phi) is 5.66. The Hall–Kier alpha value is -0.810. The first-order chi connectivity index (χ1) is 9.61. The molecule has 5 heteroatoms. The van der Waals surface area contributed by atoms with Gasteiger partial charge in [0.15, 0.2) is 0 Å². The van der Waals surface area contributed by atoms with Crippen molar-refractivity contribution >= 4 is 17.3 Å². The number of nitrogens with zero attached hydrogens (tertiary/aromatic N) is 3. The molecule has 1 aromatic carbocycles. The van der Waals surface area contributed by atoms with Gasteiger partial charge < -0.3 is 14.9 Å². The standard InChI is InChI=1S/C15H24ClN3O/c1-17(2)6-7-18-8-10-19(11-9-18)15-5-3-4-14(16)13(15)12-20/h3-5,20H,6-12H2,1-2H3. The smallest absolute Gasteiger partial charge is 0.0716 e. The highest BCUT2D eigenvalue weighted by molar-refractivity contribution is 6.31. The van der Waals surface area contributed by atoms with E-state index < -0.39 is 0 Å². The summed E-state index contributed by atoms with van der Waals surface area (Å²) in [5.74, 6) is 0. The SMILES string of the molecule is CN(C)CCN1CCN(c2cccc(Cl)c2CO)CC1. The zero-order valence-corrected chi connectivity index (χ0v) is 13.1. The van der Waals surface area contributed by atoms with Crippen LogP contribution in [-0.2, 0) is 6.61 Å². The van der Waals surface area contributed by atoms with Gasteiger partial charge in [-0.3, -0.25) is 4.90 Å². The number of piperazine rings is 1. The lowest BCUT2D eigenvalue weighted by atomic mass is 10.1. The molecule has 1 N–H and O–H groups in total. The van der Waals surface area contributed by atoms with Crippen LogP contribution in [0.15, 0.2) is 18.2 Å². The zero-order chi connectivity index (χ0) is 14.5. The monoisotopic (exact) mass is 297 g/mol. The van der Waals surface area contributed by atoms with Gasteiger partial charge in [0, 0.05) is 55.5 Å². The van der Waals surface area contributed by atoms with Crippen molar-refractivity contribution in [2.75, 3.05) is 58.3 Å². The third kappa shape index (κ3) is 3.85. The number of halogens is 1. The van der Waals surface area contributed by atoms with Gasteiger partial charge >= 0.3 is 0 Å². The molecule has 0 spiro atoms. The molecule has 1 aliphatic rings. The first-order valence-electron chi connectivity index (χ1n) is 7.12. The predicted octanol–water partition coefficient (Wildman–Crippen LogP) is 1.52. The minimum absolute atomic E-state index is 0.00412. The Morgan fingerprint density at radius 1 is 1.20 bits per heavy atom. The fourth-order valence-electron chi connectivity index (χ4n) is 2.55. The van der Waals surface area contributed by atoms with Gasteiger partial charge in [-0.1, -0.05) is 17.7 Å². The summed E-state index contributed by atoms with van der Waals surface area (Å²) in [6, 6.07) is 5.84. The van der Waals surface area contributed by atoms with E-state index in [1.165, 1.54) is 0 Å². The maximum atomic E-state index is 9.50. The first-order valence-corrected chi connectivity index (χ1v) is 7.50. The second kappa shape index (κ2) is 7.27. The second-order valence-corrected chi connectivity index (χ2v) is 5.93. The van der Waals surface area contributed by atoms with E-state index in [4.69, 9.17) is 11.6 Å². The average molecular weight is 298 g/mol. The van der Waals surface area contributed by atoms with Crippen molar-refractivity contribution in [2.45, 2.75) is 6.61 Å². The van der Waals surface area contributed by atoms with E-state index in [-0.39, 0.29) is 6.61 Å². The van der Waals surface area contributed by atoms with Crippen LogP contribution in [0.25, 0.3) is 0 Å². The Morgan fingerprint density at radius 3 is 2.50 bits per heavy atom. The van der Waals surface area contributed by atoms with Crippen molar-refractivity contribution in [1.82, 2.24) is 9.80 Å². The molecule has 0 aliphatic carbocycles. The largest absolute Gasteiger partial charge is 0.392 e. The molecule has 0 unspecified atom stereocenters. The molecule has 0 aromatic heterocycles. The van der Waals surface area contributed by atoms with Crippen molar-refractivity contribution in [3.63, 3.8) is 0 Å². The lowest BCUT2D eigenvalue weighted by Crippen LogP contribution is -2.48. The molecule has 1 saturated heterocycles. The third-order valence-electron chi connectivity index (χ3n) is 3.83. The van der Waals surface area contributed by atoms with E-state index in [0.717, 1.165) is 50.5 Å². The maximum absolute atomic E-state index is 9.50. The molecule has 0 amide bonds. The normalized spacial score (nSPS) is 16.9. The molecule has 1 aliphatic heterocycles. The number of anilines is 1. The number of hydrogen-bond donors (Lipinski definition) is 1. The molecule has 2 rings (SSSR count). The number of likely N-dealkylation sites (N-methyl/N-ethyl adjacent to an activating group) is 1. The third-order valence-corrected chi connectivity index (χ3v) is 4.18. The number of aliphatic hydroxyl groups excluding tert-OH is 1. The summed E-state index contributed by atoms with van der Waals surface area (Å²) in [6.45, 7) is 6.30. The van der Waals surface area contributed by atoms with Crippen molar-refractivity contribution < 1.29 is 5.11 Å². The summed E-state index contributed by atoms with van der Waals surface area (Å²) < 4.78 is 0. The summed E-state index contributed by atoms with van der Waals surface area (Å²) >= 11 is 6.16. The number of rotatable bonds is 5. The minimum atomic E-state index is -0.00412. The molecule has 1 fully saturated rings. The zero-order valence-electron chi connectivity index (χ0n) is 12.3. The fraction of sp³-hybridized carbons (Fsp3) is 0.600. The molecule has 1 heterocycles. The summed E-state index contributed by atoms with van der Waals surface area (Å²) in [7, 11) is 4.21. The van der Waals surface area contributed by atoms with Gasteiger partial charge in [-0.15, -0.1) is 0 Å². The summed E-state index contributed by atoms with van der Waals surface area (Å²) in [5, 5.41) is 10.2. The Balaban J connectivity index is 1.95. The minimum Gasteiger partial charge on any atom is -0.392 e. The summed E-state index contributed by atoms with van der Waals surface area (Å²) in [6.07, 6.45) is 0. The summed E-state index contributed by atoms with van der Waals surface area (Å²) in [5.41, 5.74) is 1.92. The molecular formula is C15H24ClN3O. The van der Waals surface area contributed by atoms with Crippen LogP contribution in [0.1, 0.15) is 5.56 Å². The quantitative estimate of drug-likeness (QED) is 0.892. The highest BCUT2D eigenvalue weighted by Gasteiger charge is 2.19. The average Bonchev–Trinajstić information content (AvgIpc) is 2.45. The van der Waals surface area contributed by atoms with Gasteiger partial charge in [-0.25, -0.2) is 0 Å². The molecule has 112 valence electrons. The van der Waals surface area contributed by atoms with Crippen LogP contribution in [0.5, 0.6) is 0 Å². The highest BCUT2D eigenvalue weighted by Crippen LogP contribution is 2.28. The van der Waals surface area contributed by atoms with Crippen molar-refractivity contribution in [3.05, 3.63) is 28.8 Å². The van der Waals surface area contributed by atoms with E-state index in [9.17, 15) is 5.11 Å². The van der Waals surface area contributed by atoms with Gasteiger partial charge in [0.1, 0.15) is 0 Å². The van der Waals surface area contributed by atoms with Crippen LogP contribution in [0.4, 0.5) is 5.69 Å². The van der Waals surface area contributed by atoms with Gasteiger partial charge in [0.05, 0.1) is 6.61 Å². The molecule has 4 nitrogen and oxygen atoms in total. The van der Waals surface area contributed by atoms with Gasteiger partial charge in [0.2, 0.25) is 0 Å². The Labute approximate surface area is 126 Å². The fourth-order valence-corrected chi connectivity index (χ4v) is 2.78. The lowest BCUT2D eigenvalue weighted by molar-refractivity contribution is 0.229. The number of benzene rings is 1. The first kappa shape index (κ1) is 15.6. The van der Waals surface area contributed by atoms with E-state index in [1.807, 2.05) is 18.2 Å². The Morgan fingerprint density at radius 2 is 1.90 bits per heavy atom. The van der Waals surface area contributed by atoms with Crippen LogP contribution in [0.2, 0.25) is 5.02 Å². The van der Waals surface area contributed by atoms with E-state index >= 15 is 0 Å². The van der Waals surface area contributed by atoms with E-state index in [0.29, 0.717) is 5.02 Å². The molecule has 0 saturated carbocycles. The van der Waals surface area contributed by atoms with E-state index in [1.54, 1.807) is 0 Å². The van der Waals surface area contributed by atoms with Gasteiger partial charge in [-0.05, 0) is 26.2 Å². The van der Waals surface area contributed by atoms with Crippen LogP contribution in [0, 0.1) is 0 Å². The molecule has 20 heavy (non-hydrogen) atoms. The molecular weight excluding hydrogens is 274 g/mol. The number of hydrogen-bond acceptors (Lipinski definition) is 4. The van der Waals surface area contributed by atoms with Crippen molar-refractivity contribution in [2.24, 2.45) is 0 Å². The maximum Gasteiger partial charge on any atom is 0.0716 e. The van der Waals surface area contributed by atoms with Crippen molar-refractivity contribution in [1.29, 1.82) is 0 Å². The van der Waals surface area contributed by atoms with Gasteiger partial charge in [0.25, 0.3) is 0 Å². The van der Waals surface area contributed by atoms with Crippen LogP contribution >= 0.6 is 11.6 Å². The number of aliphatic hydroxyl groups is 1. The second-order valence-electron chi connectivity index (χ2n) is 5.53. The molecule has 0 bridgehead atoms. The molecule has 0 atom stereocenters. The van der Waals surface area contributed by atoms with Crippen LogP contribution < -0.4 is 4.90 Å². The predicted molar refractivity (Wildman–Crippen MR) is 84.6 cm³/mol. The van der Waals surface area contributed by atoms with Crippen molar-refractivity contribution in [3.8, 4) is 0 Å². The molecule has 0 radical (unpaired) electrons. The Bertz CT molecular complexity index is 431. The van der Waals surface area contributed by atoms with E-state index in [2.05, 4.69) is 28.8 Å². The topological polar surface area (TPSA) is 30.0 Å².